The van der Waals surface area contributed by atoms with E-state index in [1.54, 1.807) is 42.5 Å². The number of nitrogens with zero attached hydrogens (tertiary/aromatic N) is 1. The van der Waals surface area contributed by atoms with Crippen molar-refractivity contribution in [2.45, 2.75) is 6.92 Å². The molecule has 4 nitrogen and oxygen atoms in total. The van der Waals surface area contributed by atoms with Crippen molar-refractivity contribution in [2.75, 3.05) is 10.2 Å². The highest BCUT2D eigenvalue weighted by Crippen LogP contribution is 2.35. The first-order valence-electron chi connectivity index (χ1n) is 9.03. The Labute approximate surface area is 182 Å². The Hall–Kier alpha value is -3.15. The highest BCUT2D eigenvalue weighted by Gasteiger charge is 2.40. The van der Waals surface area contributed by atoms with E-state index < -0.39 is 17.6 Å². The smallest absolute Gasteiger partial charge is 0.282 e. The molecule has 4 rings (SSSR count). The Bertz CT molecular complexity index is 1190. The molecule has 3 aromatic rings. The predicted molar refractivity (Wildman–Crippen MR) is 117 cm³/mol. The number of carbonyl (C=O) groups excluding carboxylic acids is 2. The number of halogens is 3. The van der Waals surface area contributed by atoms with E-state index in [0.717, 1.165) is 10.5 Å². The minimum atomic E-state index is -0.536. The molecule has 0 bridgehead atoms. The van der Waals surface area contributed by atoms with Gasteiger partial charge in [0.2, 0.25) is 0 Å². The Balaban J connectivity index is 1.83. The Morgan fingerprint density at radius 1 is 0.833 bits per heavy atom. The van der Waals surface area contributed by atoms with Gasteiger partial charge in [-0.2, -0.15) is 0 Å². The Morgan fingerprint density at radius 2 is 1.47 bits per heavy atom. The van der Waals surface area contributed by atoms with Gasteiger partial charge in [0.1, 0.15) is 11.5 Å². The molecule has 1 heterocycles. The molecule has 0 aromatic heterocycles. The van der Waals surface area contributed by atoms with Crippen molar-refractivity contribution < 1.29 is 14.0 Å². The van der Waals surface area contributed by atoms with Crippen LogP contribution in [-0.4, -0.2) is 11.8 Å². The zero-order valence-electron chi connectivity index (χ0n) is 15.7. The third-order valence-electron chi connectivity index (χ3n) is 4.75. The van der Waals surface area contributed by atoms with Crippen molar-refractivity contribution in [1.82, 2.24) is 0 Å². The first-order valence-corrected chi connectivity index (χ1v) is 9.78. The monoisotopic (exact) mass is 440 g/mol. The van der Waals surface area contributed by atoms with Gasteiger partial charge >= 0.3 is 0 Å². The predicted octanol–water partition coefficient (Wildman–Crippen LogP) is 5.84. The maximum Gasteiger partial charge on any atom is 0.282 e. The van der Waals surface area contributed by atoms with E-state index in [4.69, 9.17) is 23.2 Å². The van der Waals surface area contributed by atoms with Crippen LogP contribution in [0, 0.1) is 12.7 Å². The molecule has 3 aromatic carbocycles. The van der Waals surface area contributed by atoms with Gasteiger partial charge in [-0.1, -0.05) is 35.3 Å². The van der Waals surface area contributed by atoms with E-state index in [0.29, 0.717) is 21.3 Å². The summed E-state index contributed by atoms with van der Waals surface area (Å²) in [6.45, 7) is 1.84. The molecule has 150 valence electrons. The number of hydrogen-bond acceptors (Lipinski definition) is 3. The van der Waals surface area contributed by atoms with Crippen LogP contribution >= 0.6 is 23.2 Å². The number of hydrogen-bond donors (Lipinski definition) is 1. The normalized spacial score (nSPS) is 13.9. The van der Waals surface area contributed by atoms with Gasteiger partial charge in [0.25, 0.3) is 11.8 Å². The van der Waals surface area contributed by atoms with E-state index in [1.807, 2.05) is 6.92 Å². The zero-order chi connectivity index (χ0) is 21.4. The van der Waals surface area contributed by atoms with Crippen LogP contribution < -0.4 is 10.2 Å². The van der Waals surface area contributed by atoms with Crippen LogP contribution in [0.1, 0.15) is 11.1 Å². The summed E-state index contributed by atoms with van der Waals surface area (Å²) in [7, 11) is 0. The van der Waals surface area contributed by atoms with Crippen LogP contribution in [0.3, 0.4) is 0 Å². The van der Waals surface area contributed by atoms with Gasteiger partial charge in [-0.25, -0.2) is 9.29 Å². The van der Waals surface area contributed by atoms with Crippen LogP contribution in [0.15, 0.2) is 72.4 Å². The lowest BCUT2D eigenvalue weighted by molar-refractivity contribution is -0.120. The van der Waals surface area contributed by atoms with Crippen molar-refractivity contribution in [3.8, 4) is 0 Å². The van der Waals surface area contributed by atoms with Gasteiger partial charge in [0.15, 0.2) is 0 Å². The maximum absolute atomic E-state index is 13.4. The van der Waals surface area contributed by atoms with Crippen LogP contribution in [0.5, 0.6) is 0 Å². The van der Waals surface area contributed by atoms with E-state index >= 15 is 0 Å². The topological polar surface area (TPSA) is 49.4 Å². The van der Waals surface area contributed by atoms with Gasteiger partial charge in [-0.3, -0.25) is 9.59 Å². The molecule has 30 heavy (non-hydrogen) atoms. The quantitative estimate of drug-likeness (QED) is 0.518. The summed E-state index contributed by atoms with van der Waals surface area (Å²) >= 11 is 12.0. The van der Waals surface area contributed by atoms with Gasteiger partial charge < -0.3 is 5.32 Å². The molecule has 0 spiro atoms. The van der Waals surface area contributed by atoms with Crippen molar-refractivity contribution >= 4 is 52.0 Å². The molecule has 7 heteroatoms. The fourth-order valence-electron chi connectivity index (χ4n) is 3.26. The number of benzene rings is 3. The number of aryl methyl sites for hydroxylation is 1. The lowest BCUT2D eigenvalue weighted by atomic mass is 10.0. The van der Waals surface area contributed by atoms with E-state index in [2.05, 4.69) is 5.32 Å². The third-order valence-corrected chi connectivity index (χ3v) is 5.24. The molecule has 0 aliphatic carbocycles. The summed E-state index contributed by atoms with van der Waals surface area (Å²) in [5.74, 6) is -1.51. The van der Waals surface area contributed by atoms with Crippen LogP contribution in [0.4, 0.5) is 15.8 Å². The summed E-state index contributed by atoms with van der Waals surface area (Å²) < 4.78 is 13.4. The summed E-state index contributed by atoms with van der Waals surface area (Å²) in [6, 6.07) is 17.0. The standard InChI is InChI=1S/C23H15Cl2FN2O2/c1-13-12-16(25)6-11-19(13)27-21-20(14-2-4-15(24)5-3-14)22(29)28(23(21)30)18-9-7-17(26)8-10-18/h2-12,27H,1H3. The number of amides is 2. The van der Waals surface area contributed by atoms with Crippen LogP contribution in [0.25, 0.3) is 5.57 Å². The second-order valence-corrected chi connectivity index (χ2v) is 7.64. The highest BCUT2D eigenvalue weighted by molar-refractivity contribution is 6.46. The summed E-state index contributed by atoms with van der Waals surface area (Å²) in [5, 5.41) is 4.16. The molecule has 0 saturated carbocycles. The molecule has 1 aliphatic heterocycles. The number of carbonyl (C=O) groups is 2. The summed E-state index contributed by atoms with van der Waals surface area (Å²) in [5.41, 5.74) is 2.60. The minimum Gasteiger partial charge on any atom is -0.350 e. The molecule has 0 unspecified atom stereocenters. The molecule has 1 aliphatic rings. The number of nitrogens with one attached hydrogen (secondary N) is 1. The number of imide groups is 1. The van der Waals surface area contributed by atoms with Crippen molar-refractivity contribution in [3.63, 3.8) is 0 Å². The highest BCUT2D eigenvalue weighted by atomic mass is 35.5. The van der Waals surface area contributed by atoms with E-state index in [1.165, 1.54) is 24.3 Å². The Morgan fingerprint density at radius 3 is 2.10 bits per heavy atom. The average molecular weight is 441 g/mol. The fourth-order valence-corrected chi connectivity index (χ4v) is 3.61. The first kappa shape index (κ1) is 20.1. The van der Waals surface area contributed by atoms with Crippen molar-refractivity contribution in [2.24, 2.45) is 0 Å². The van der Waals surface area contributed by atoms with Crippen molar-refractivity contribution in [3.05, 3.63) is 99.4 Å². The van der Waals surface area contributed by atoms with Crippen LogP contribution in [-0.2, 0) is 9.59 Å². The first-order chi connectivity index (χ1) is 14.3. The Kier molecular flexibility index (Phi) is 5.33. The molecule has 0 radical (unpaired) electrons. The van der Waals surface area contributed by atoms with Gasteiger partial charge in [0, 0.05) is 15.7 Å². The van der Waals surface area contributed by atoms with Gasteiger partial charge in [-0.15, -0.1) is 0 Å². The molecular weight excluding hydrogens is 426 g/mol. The average Bonchev–Trinajstić information content (AvgIpc) is 2.95. The van der Waals surface area contributed by atoms with E-state index in [9.17, 15) is 14.0 Å². The second kappa shape index (κ2) is 7.94. The second-order valence-electron chi connectivity index (χ2n) is 6.76. The maximum atomic E-state index is 13.4. The molecular formula is C23H15Cl2FN2O2. The summed E-state index contributed by atoms with van der Waals surface area (Å²) in [4.78, 5) is 27.6. The number of anilines is 2. The summed E-state index contributed by atoms with van der Waals surface area (Å²) in [6.07, 6.45) is 0. The van der Waals surface area contributed by atoms with Crippen molar-refractivity contribution in [1.29, 1.82) is 0 Å². The van der Waals surface area contributed by atoms with Gasteiger partial charge in [0.05, 0.1) is 11.3 Å². The number of rotatable bonds is 4. The van der Waals surface area contributed by atoms with Gasteiger partial charge in [-0.05, 0) is 72.6 Å². The lowest BCUT2D eigenvalue weighted by Crippen LogP contribution is -2.32. The molecule has 0 fully saturated rings. The fraction of sp³-hybridized carbons (Fsp3) is 0.0435. The minimum absolute atomic E-state index is 0.122. The molecule has 0 saturated heterocycles. The van der Waals surface area contributed by atoms with E-state index in [-0.39, 0.29) is 17.0 Å². The lowest BCUT2D eigenvalue weighted by Gasteiger charge is -2.15. The SMILES string of the molecule is Cc1cc(Cl)ccc1NC1=C(c2ccc(Cl)cc2)C(=O)N(c2ccc(F)cc2)C1=O. The molecule has 0 atom stereocenters. The zero-order valence-corrected chi connectivity index (χ0v) is 17.3. The van der Waals surface area contributed by atoms with Crippen LogP contribution in [0.2, 0.25) is 10.0 Å². The molecule has 2 amide bonds. The largest absolute Gasteiger partial charge is 0.350 e. The third kappa shape index (κ3) is 3.70. The molecule has 1 N–H and O–H groups in total.